The van der Waals surface area contributed by atoms with Crippen LogP contribution >= 0.6 is 0 Å². The van der Waals surface area contributed by atoms with E-state index in [1.807, 2.05) is 30.5 Å². The lowest BCUT2D eigenvalue weighted by atomic mass is 10.1. The Kier molecular flexibility index (Phi) is 5.50. The largest absolute Gasteiger partial charge is 0.507 e. The fourth-order valence-corrected chi connectivity index (χ4v) is 3.27. The van der Waals surface area contributed by atoms with Crippen LogP contribution in [0.5, 0.6) is 5.75 Å². The molecule has 148 valence electrons. The number of hydrazone groups is 1. The highest BCUT2D eigenvalue weighted by molar-refractivity contribution is 5.97. The molecule has 0 fully saturated rings. The van der Waals surface area contributed by atoms with Gasteiger partial charge in [0.25, 0.3) is 5.91 Å². The van der Waals surface area contributed by atoms with E-state index in [1.54, 1.807) is 31.2 Å². The number of phenolic OH excluding ortho intramolecular Hbond substituents is 1. The second-order valence-electron chi connectivity index (χ2n) is 6.63. The predicted molar refractivity (Wildman–Crippen MR) is 110 cm³/mol. The zero-order chi connectivity index (χ0) is 21.1. The second kappa shape index (κ2) is 8.02. The quantitative estimate of drug-likeness (QED) is 0.457. The molecule has 0 spiro atoms. The van der Waals surface area contributed by atoms with Crippen LogP contribution in [0.1, 0.15) is 43.2 Å². The number of nitrogens with zero attached hydrogens (tertiary/aromatic N) is 2. The average molecular weight is 391 g/mol. The summed E-state index contributed by atoms with van der Waals surface area (Å²) in [6, 6.07) is 13.3. The van der Waals surface area contributed by atoms with Crippen molar-refractivity contribution in [2.24, 2.45) is 5.10 Å². The lowest BCUT2D eigenvalue weighted by Gasteiger charge is -2.14. The van der Waals surface area contributed by atoms with Crippen molar-refractivity contribution in [3.63, 3.8) is 0 Å². The maximum absolute atomic E-state index is 12.1. The third kappa shape index (κ3) is 3.89. The minimum atomic E-state index is -0.972. The maximum Gasteiger partial charge on any atom is 0.336 e. The number of hydrogen-bond acceptors (Lipinski definition) is 4. The van der Waals surface area contributed by atoms with E-state index >= 15 is 0 Å². The summed E-state index contributed by atoms with van der Waals surface area (Å²) < 4.78 is 1.95. The molecule has 7 nitrogen and oxygen atoms in total. The summed E-state index contributed by atoms with van der Waals surface area (Å²) in [5, 5.41) is 23.1. The number of benzene rings is 2. The van der Waals surface area contributed by atoms with E-state index in [1.165, 1.54) is 18.3 Å². The van der Waals surface area contributed by atoms with Gasteiger partial charge in [0.1, 0.15) is 5.75 Å². The van der Waals surface area contributed by atoms with Gasteiger partial charge in [0.2, 0.25) is 0 Å². The lowest BCUT2D eigenvalue weighted by molar-refractivity contribution is 0.0695. The SMILES string of the molecule is Cc1c(C(=O)O)cccc1-n1c(C)cc(/C=N/NC(=O)c2ccccc2O)c1C. The minimum absolute atomic E-state index is 0.118. The van der Waals surface area contributed by atoms with Crippen LogP contribution in [-0.4, -0.2) is 32.9 Å². The number of phenols is 1. The van der Waals surface area contributed by atoms with E-state index in [9.17, 15) is 19.8 Å². The number of rotatable bonds is 5. The molecule has 0 radical (unpaired) electrons. The molecule has 0 aliphatic rings. The summed E-state index contributed by atoms with van der Waals surface area (Å²) in [6.07, 6.45) is 1.52. The highest BCUT2D eigenvalue weighted by atomic mass is 16.4. The molecule has 0 unspecified atom stereocenters. The number of aromatic carboxylic acids is 1. The first-order valence-corrected chi connectivity index (χ1v) is 8.95. The molecule has 1 heterocycles. The van der Waals surface area contributed by atoms with E-state index in [0.717, 1.165) is 22.6 Å². The van der Waals surface area contributed by atoms with Crippen LogP contribution in [0, 0.1) is 20.8 Å². The van der Waals surface area contributed by atoms with E-state index in [2.05, 4.69) is 10.5 Å². The first-order chi connectivity index (χ1) is 13.8. The van der Waals surface area contributed by atoms with Crippen molar-refractivity contribution in [2.75, 3.05) is 0 Å². The Morgan fingerprint density at radius 2 is 1.72 bits per heavy atom. The molecule has 0 atom stereocenters. The van der Waals surface area contributed by atoms with Gasteiger partial charge < -0.3 is 14.8 Å². The number of nitrogens with one attached hydrogen (secondary N) is 1. The van der Waals surface area contributed by atoms with E-state index < -0.39 is 11.9 Å². The lowest BCUT2D eigenvalue weighted by Crippen LogP contribution is -2.17. The minimum Gasteiger partial charge on any atom is -0.507 e. The van der Waals surface area contributed by atoms with Crippen LogP contribution < -0.4 is 5.43 Å². The molecular formula is C22H21N3O4. The van der Waals surface area contributed by atoms with Crippen molar-refractivity contribution >= 4 is 18.1 Å². The Balaban J connectivity index is 1.88. The molecule has 29 heavy (non-hydrogen) atoms. The smallest absolute Gasteiger partial charge is 0.336 e. The number of aromatic hydroxyl groups is 1. The molecule has 0 bridgehead atoms. The molecule has 1 aromatic heterocycles. The Hall–Kier alpha value is -3.87. The van der Waals surface area contributed by atoms with Crippen LogP contribution in [0.25, 0.3) is 5.69 Å². The number of amides is 1. The van der Waals surface area contributed by atoms with Gasteiger partial charge in [-0.05, 0) is 56.7 Å². The van der Waals surface area contributed by atoms with Gasteiger partial charge in [0, 0.05) is 22.6 Å². The second-order valence-corrected chi connectivity index (χ2v) is 6.63. The summed E-state index contributed by atoms with van der Waals surface area (Å²) >= 11 is 0. The molecular weight excluding hydrogens is 370 g/mol. The fraction of sp³-hybridized carbons (Fsp3) is 0.136. The highest BCUT2D eigenvalue weighted by Gasteiger charge is 2.16. The van der Waals surface area contributed by atoms with Gasteiger partial charge in [-0.25, -0.2) is 10.2 Å². The van der Waals surface area contributed by atoms with Crippen LogP contribution in [0.15, 0.2) is 53.6 Å². The Labute approximate surface area is 167 Å². The van der Waals surface area contributed by atoms with Crippen molar-refractivity contribution in [1.29, 1.82) is 0 Å². The summed E-state index contributed by atoms with van der Waals surface area (Å²) in [7, 11) is 0. The van der Waals surface area contributed by atoms with E-state index in [4.69, 9.17) is 0 Å². The van der Waals surface area contributed by atoms with E-state index in [0.29, 0.717) is 5.56 Å². The number of carboxylic acids is 1. The molecule has 3 rings (SSSR count). The van der Waals surface area contributed by atoms with Gasteiger partial charge in [-0.2, -0.15) is 5.10 Å². The molecule has 3 aromatic rings. The molecule has 7 heteroatoms. The van der Waals surface area contributed by atoms with Gasteiger partial charge in [-0.3, -0.25) is 4.79 Å². The number of carbonyl (C=O) groups is 2. The Bertz CT molecular complexity index is 1130. The van der Waals surface area contributed by atoms with Crippen LogP contribution in [0.3, 0.4) is 0 Å². The first kappa shape index (κ1) is 19.9. The Morgan fingerprint density at radius 1 is 1.03 bits per heavy atom. The highest BCUT2D eigenvalue weighted by Crippen LogP contribution is 2.24. The normalized spacial score (nSPS) is 11.0. The summed E-state index contributed by atoms with van der Waals surface area (Å²) in [5.41, 5.74) is 6.77. The maximum atomic E-state index is 12.1. The topological polar surface area (TPSA) is 104 Å². The van der Waals surface area contributed by atoms with Crippen LogP contribution in [0.2, 0.25) is 0 Å². The first-order valence-electron chi connectivity index (χ1n) is 8.95. The third-order valence-electron chi connectivity index (χ3n) is 4.77. The summed E-state index contributed by atoms with van der Waals surface area (Å²) in [4.78, 5) is 23.6. The van der Waals surface area contributed by atoms with Gasteiger partial charge in [0.15, 0.2) is 0 Å². The number of carboxylic acid groups (broad SMARTS) is 1. The number of aromatic nitrogens is 1. The van der Waals surface area contributed by atoms with E-state index in [-0.39, 0.29) is 16.9 Å². The zero-order valence-corrected chi connectivity index (χ0v) is 16.3. The van der Waals surface area contributed by atoms with Crippen LogP contribution in [0.4, 0.5) is 0 Å². The monoisotopic (exact) mass is 391 g/mol. The summed E-state index contributed by atoms with van der Waals surface area (Å²) in [5.74, 6) is -1.61. The number of para-hydroxylation sites is 1. The molecule has 0 aliphatic carbocycles. The molecule has 0 aliphatic heterocycles. The van der Waals surface area contributed by atoms with Crippen molar-refractivity contribution in [3.05, 3.63) is 82.2 Å². The summed E-state index contributed by atoms with van der Waals surface area (Å²) in [6.45, 7) is 5.59. The molecule has 3 N–H and O–H groups in total. The average Bonchev–Trinajstić information content (AvgIpc) is 2.95. The Morgan fingerprint density at radius 3 is 2.41 bits per heavy atom. The molecule has 0 saturated heterocycles. The predicted octanol–water partition coefficient (Wildman–Crippen LogP) is 3.57. The zero-order valence-electron chi connectivity index (χ0n) is 16.3. The molecule has 1 amide bonds. The van der Waals surface area contributed by atoms with Gasteiger partial charge in [0.05, 0.1) is 17.3 Å². The molecule has 0 saturated carbocycles. The standard InChI is InChI=1S/C22H21N3O4/c1-13-11-16(12-23-24-21(27)18-7-4-5-10-20(18)26)15(3)25(13)19-9-6-8-17(14(19)2)22(28)29/h4-12,26H,1-3H3,(H,24,27)(H,28,29)/b23-12+. The van der Waals surface area contributed by atoms with Gasteiger partial charge in [-0.15, -0.1) is 0 Å². The van der Waals surface area contributed by atoms with Gasteiger partial charge in [-0.1, -0.05) is 18.2 Å². The molecule has 2 aromatic carbocycles. The van der Waals surface area contributed by atoms with Gasteiger partial charge >= 0.3 is 5.97 Å². The number of carbonyl (C=O) groups excluding carboxylic acids is 1. The number of hydrogen-bond donors (Lipinski definition) is 3. The van der Waals surface area contributed by atoms with Crippen molar-refractivity contribution in [3.8, 4) is 11.4 Å². The van der Waals surface area contributed by atoms with Crippen molar-refractivity contribution in [1.82, 2.24) is 9.99 Å². The third-order valence-corrected chi connectivity index (χ3v) is 4.77. The van der Waals surface area contributed by atoms with Crippen LogP contribution in [-0.2, 0) is 0 Å². The number of aryl methyl sites for hydroxylation is 1. The van der Waals surface area contributed by atoms with Crippen molar-refractivity contribution < 1.29 is 19.8 Å². The van der Waals surface area contributed by atoms with Crippen molar-refractivity contribution in [2.45, 2.75) is 20.8 Å². The fourth-order valence-electron chi connectivity index (χ4n) is 3.27.